The van der Waals surface area contributed by atoms with Gasteiger partial charge in [0, 0.05) is 9.35 Å². The van der Waals surface area contributed by atoms with Crippen LogP contribution >= 0.6 is 27.3 Å². The lowest BCUT2D eigenvalue weighted by Gasteiger charge is -2.22. The zero-order valence-corrected chi connectivity index (χ0v) is 13.3. The van der Waals surface area contributed by atoms with E-state index in [0.717, 1.165) is 9.35 Å². The van der Waals surface area contributed by atoms with Gasteiger partial charge in [-0.15, -0.1) is 11.3 Å². The van der Waals surface area contributed by atoms with Crippen molar-refractivity contribution in [3.63, 3.8) is 0 Å². The number of hydrogen-bond donors (Lipinski definition) is 2. The second kappa shape index (κ2) is 6.38. The van der Waals surface area contributed by atoms with Crippen molar-refractivity contribution in [1.82, 2.24) is 5.32 Å². The molecule has 0 fully saturated rings. The monoisotopic (exact) mass is 349 g/mol. The summed E-state index contributed by atoms with van der Waals surface area (Å²) in [5, 5.41) is 13.3. The van der Waals surface area contributed by atoms with Crippen LogP contribution in [-0.2, 0) is 9.53 Å². The average Bonchev–Trinajstić information content (AvgIpc) is 2.59. The molecule has 0 aliphatic carbocycles. The third-order valence-electron chi connectivity index (χ3n) is 2.03. The second-order valence-electron chi connectivity index (χ2n) is 4.93. The standard InChI is InChI=1S/C12H16BrNO4S/c1-12(2,3)18-11(17)14-8(6-9(15)16)10-7(13)4-5-19-10/h4-5,8H,6H2,1-3H3,(H,14,17)(H,15,16)/t8-/m0/s1. The van der Waals surface area contributed by atoms with Gasteiger partial charge in [0.2, 0.25) is 0 Å². The number of hydrogen-bond acceptors (Lipinski definition) is 4. The molecule has 0 aliphatic heterocycles. The molecule has 2 N–H and O–H groups in total. The number of carboxylic acid groups (broad SMARTS) is 1. The quantitative estimate of drug-likeness (QED) is 0.871. The number of rotatable bonds is 4. The first-order valence-electron chi connectivity index (χ1n) is 5.63. The van der Waals surface area contributed by atoms with E-state index in [1.54, 1.807) is 20.8 Å². The molecule has 1 rings (SSSR count). The highest BCUT2D eigenvalue weighted by Crippen LogP contribution is 2.31. The lowest BCUT2D eigenvalue weighted by Crippen LogP contribution is -2.35. The smallest absolute Gasteiger partial charge is 0.408 e. The highest BCUT2D eigenvalue weighted by atomic mass is 79.9. The molecule has 7 heteroatoms. The molecule has 0 bridgehead atoms. The summed E-state index contributed by atoms with van der Waals surface area (Å²) < 4.78 is 5.91. The van der Waals surface area contributed by atoms with E-state index in [2.05, 4.69) is 21.2 Å². The number of carboxylic acids is 1. The lowest BCUT2D eigenvalue weighted by molar-refractivity contribution is -0.137. The van der Waals surface area contributed by atoms with Gasteiger partial charge in [0.15, 0.2) is 0 Å². The fourth-order valence-corrected chi connectivity index (χ4v) is 3.09. The van der Waals surface area contributed by atoms with E-state index >= 15 is 0 Å². The zero-order valence-electron chi connectivity index (χ0n) is 10.9. The van der Waals surface area contributed by atoms with Gasteiger partial charge >= 0.3 is 12.1 Å². The van der Waals surface area contributed by atoms with Gasteiger partial charge in [-0.3, -0.25) is 4.79 Å². The Balaban J connectivity index is 2.79. The maximum atomic E-state index is 11.7. The molecule has 0 radical (unpaired) electrons. The number of alkyl carbamates (subject to hydrolysis) is 1. The minimum absolute atomic E-state index is 0.196. The Kier molecular flexibility index (Phi) is 5.37. The fraction of sp³-hybridized carbons (Fsp3) is 0.500. The first-order valence-corrected chi connectivity index (χ1v) is 7.30. The van der Waals surface area contributed by atoms with E-state index in [1.165, 1.54) is 11.3 Å². The number of aliphatic carboxylic acids is 1. The van der Waals surface area contributed by atoms with E-state index < -0.39 is 23.7 Å². The van der Waals surface area contributed by atoms with Crippen LogP contribution in [0.3, 0.4) is 0 Å². The molecule has 1 amide bonds. The highest BCUT2D eigenvalue weighted by Gasteiger charge is 2.24. The van der Waals surface area contributed by atoms with Gasteiger partial charge in [0.25, 0.3) is 0 Å². The number of ether oxygens (including phenoxy) is 1. The molecule has 0 saturated heterocycles. The molecule has 0 spiro atoms. The van der Waals surface area contributed by atoms with Crippen molar-refractivity contribution in [3.8, 4) is 0 Å². The number of nitrogens with one attached hydrogen (secondary N) is 1. The van der Waals surface area contributed by atoms with Crippen LogP contribution in [0.4, 0.5) is 4.79 Å². The third kappa shape index (κ3) is 5.61. The van der Waals surface area contributed by atoms with Crippen molar-refractivity contribution in [2.75, 3.05) is 0 Å². The highest BCUT2D eigenvalue weighted by molar-refractivity contribution is 9.10. The van der Waals surface area contributed by atoms with Crippen LogP contribution in [0.1, 0.15) is 38.1 Å². The summed E-state index contributed by atoms with van der Waals surface area (Å²) in [6.45, 7) is 5.25. The minimum atomic E-state index is -0.985. The molecule has 19 heavy (non-hydrogen) atoms. The van der Waals surface area contributed by atoms with Crippen LogP contribution in [0.5, 0.6) is 0 Å². The van der Waals surface area contributed by atoms with E-state index in [0.29, 0.717) is 0 Å². The molecule has 0 unspecified atom stereocenters. The van der Waals surface area contributed by atoms with Crippen molar-refractivity contribution in [2.24, 2.45) is 0 Å². The molecule has 1 atom stereocenters. The summed E-state index contributed by atoms with van der Waals surface area (Å²) >= 11 is 4.71. The van der Waals surface area contributed by atoms with Crippen molar-refractivity contribution in [3.05, 3.63) is 20.8 Å². The molecular formula is C12H16BrNO4S. The Morgan fingerprint density at radius 3 is 2.58 bits per heavy atom. The molecule has 106 valence electrons. The van der Waals surface area contributed by atoms with E-state index in [9.17, 15) is 9.59 Å². The summed E-state index contributed by atoms with van der Waals surface area (Å²) in [7, 11) is 0. The van der Waals surface area contributed by atoms with Crippen LogP contribution in [0, 0.1) is 0 Å². The first-order chi connectivity index (χ1) is 8.69. The Labute approximate surface area is 124 Å². The van der Waals surface area contributed by atoms with Crippen molar-refractivity contribution in [1.29, 1.82) is 0 Å². The van der Waals surface area contributed by atoms with Gasteiger partial charge in [0.05, 0.1) is 12.5 Å². The Hall–Kier alpha value is -1.08. The Bertz CT molecular complexity index is 467. The van der Waals surface area contributed by atoms with Crippen molar-refractivity contribution < 1.29 is 19.4 Å². The molecular weight excluding hydrogens is 334 g/mol. The van der Waals surface area contributed by atoms with Gasteiger partial charge in [-0.05, 0) is 48.1 Å². The van der Waals surface area contributed by atoms with Crippen LogP contribution in [0.15, 0.2) is 15.9 Å². The van der Waals surface area contributed by atoms with Crippen molar-refractivity contribution >= 4 is 39.3 Å². The fourth-order valence-electron chi connectivity index (χ4n) is 1.39. The average molecular weight is 350 g/mol. The summed E-state index contributed by atoms with van der Waals surface area (Å²) in [4.78, 5) is 23.4. The SMILES string of the molecule is CC(C)(C)OC(=O)N[C@@H](CC(=O)O)c1sccc1Br. The minimum Gasteiger partial charge on any atom is -0.481 e. The van der Waals surface area contributed by atoms with Gasteiger partial charge in [-0.25, -0.2) is 4.79 Å². The second-order valence-corrected chi connectivity index (χ2v) is 6.73. The molecule has 0 aromatic carbocycles. The summed E-state index contributed by atoms with van der Waals surface area (Å²) in [6.07, 6.45) is -0.822. The number of halogens is 1. The lowest BCUT2D eigenvalue weighted by atomic mass is 10.1. The van der Waals surface area contributed by atoms with Gasteiger partial charge in [-0.1, -0.05) is 0 Å². The zero-order chi connectivity index (χ0) is 14.6. The molecule has 1 aromatic rings. The third-order valence-corrected chi connectivity index (χ3v) is 4.02. The Morgan fingerprint density at radius 1 is 1.53 bits per heavy atom. The number of carbonyl (C=O) groups is 2. The summed E-state index contributed by atoms with van der Waals surface area (Å²) in [5.41, 5.74) is -0.620. The molecule has 5 nitrogen and oxygen atoms in total. The maximum absolute atomic E-state index is 11.7. The predicted molar refractivity (Wildman–Crippen MR) is 76.4 cm³/mol. The van der Waals surface area contributed by atoms with E-state index in [1.807, 2.05) is 11.4 Å². The van der Waals surface area contributed by atoms with Gasteiger partial charge < -0.3 is 15.2 Å². The van der Waals surface area contributed by atoms with Gasteiger partial charge in [-0.2, -0.15) is 0 Å². The van der Waals surface area contributed by atoms with Crippen molar-refractivity contribution in [2.45, 2.75) is 38.8 Å². The van der Waals surface area contributed by atoms with E-state index in [4.69, 9.17) is 9.84 Å². The number of amides is 1. The number of thiophene rings is 1. The topological polar surface area (TPSA) is 75.6 Å². The van der Waals surface area contributed by atoms with Crippen LogP contribution < -0.4 is 5.32 Å². The maximum Gasteiger partial charge on any atom is 0.408 e. The first kappa shape index (κ1) is 16.0. The largest absolute Gasteiger partial charge is 0.481 e. The number of carbonyl (C=O) groups excluding carboxylic acids is 1. The summed E-state index contributed by atoms with van der Waals surface area (Å²) in [5.74, 6) is -0.985. The van der Waals surface area contributed by atoms with Gasteiger partial charge in [0.1, 0.15) is 5.60 Å². The molecule has 0 saturated carbocycles. The molecule has 1 aromatic heterocycles. The van der Waals surface area contributed by atoms with E-state index in [-0.39, 0.29) is 6.42 Å². The predicted octanol–water partition coefficient (Wildman–Crippen LogP) is 3.55. The van der Waals surface area contributed by atoms with Crippen LogP contribution in [0.25, 0.3) is 0 Å². The molecule has 0 aliphatic rings. The summed E-state index contributed by atoms with van der Waals surface area (Å²) in [6, 6.07) is 1.20. The Morgan fingerprint density at radius 2 is 2.16 bits per heavy atom. The normalized spacial score (nSPS) is 12.8. The molecule has 1 heterocycles. The van der Waals surface area contributed by atoms with Crippen LogP contribution in [0.2, 0.25) is 0 Å². The van der Waals surface area contributed by atoms with Crippen LogP contribution in [-0.4, -0.2) is 22.8 Å².